The largest absolute Gasteiger partial charge is 0.480 e. The fraction of sp³-hybridized carbons (Fsp3) is 0.423. The van der Waals surface area contributed by atoms with Gasteiger partial charge in [-0.1, -0.05) is 62.4 Å². The molecule has 34 heavy (non-hydrogen) atoms. The molecule has 2 aromatic rings. The summed E-state index contributed by atoms with van der Waals surface area (Å²) >= 11 is 0. The Labute approximate surface area is 199 Å². The Bertz CT molecular complexity index is 988. The van der Waals surface area contributed by atoms with Crippen molar-refractivity contribution in [1.82, 2.24) is 10.6 Å². The van der Waals surface area contributed by atoms with Crippen molar-refractivity contribution >= 4 is 18.0 Å². The van der Waals surface area contributed by atoms with E-state index in [-0.39, 0.29) is 38.3 Å². The number of carbonyl (C=O) groups is 3. The lowest BCUT2D eigenvalue weighted by Gasteiger charge is -2.29. The molecule has 0 bridgehead atoms. The Balaban J connectivity index is 1.52. The number of alkyl carbamates (subject to hydrolysis) is 1. The smallest absolute Gasteiger partial charge is 0.407 e. The number of aliphatic carboxylic acids is 1. The highest BCUT2D eigenvalue weighted by Gasteiger charge is 2.38. The van der Waals surface area contributed by atoms with Gasteiger partial charge in [-0.05, 0) is 35.1 Å². The van der Waals surface area contributed by atoms with Gasteiger partial charge in [-0.15, -0.1) is 0 Å². The summed E-state index contributed by atoms with van der Waals surface area (Å²) in [5.41, 5.74) is 3.21. The molecular formula is C26H32N2O6. The second-order valence-corrected chi connectivity index (χ2v) is 8.35. The molecule has 182 valence electrons. The molecule has 0 saturated carbocycles. The molecule has 1 aliphatic rings. The van der Waals surface area contributed by atoms with E-state index in [2.05, 4.69) is 22.8 Å². The van der Waals surface area contributed by atoms with Crippen LogP contribution in [-0.4, -0.2) is 55.0 Å². The molecule has 1 unspecified atom stereocenters. The molecule has 0 aliphatic heterocycles. The number of fused-ring (bicyclic) bond motifs is 3. The molecule has 8 nitrogen and oxygen atoms in total. The van der Waals surface area contributed by atoms with Gasteiger partial charge in [0.25, 0.3) is 0 Å². The van der Waals surface area contributed by atoms with Crippen LogP contribution in [0.2, 0.25) is 0 Å². The lowest BCUT2D eigenvalue weighted by molar-refractivity contribution is -0.150. The molecule has 0 aromatic heterocycles. The van der Waals surface area contributed by atoms with Crippen molar-refractivity contribution in [3.05, 3.63) is 59.7 Å². The van der Waals surface area contributed by atoms with Gasteiger partial charge in [0.2, 0.25) is 5.91 Å². The van der Waals surface area contributed by atoms with Crippen LogP contribution in [-0.2, 0) is 19.1 Å². The molecule has 0 heterocycles. The van der Waals surface area contributed by atoms with Crippen molar-refractivity contribution in [2.45, 2.75) is 50.7 Å². The van der Waals surface area contributed by atoms with Crippen molar-refractivity contribution in [2.24, 2.45) is 0 Å². The van der Waals surface area contributed by atoms with Crippen LogP contribution >= 0.6 is 0 Å². The zero-order valence-electron chi connectivity index (χ0n) is 19.8. The Morgan fingerprint density at radius 2 is 1.56 bits per heavy atom. The number of carboxylic acids is 1. The summed E-state index contributed by atoms with van der Waals surface area (Å²) in [4.78, 5) is 36.5. The van der Waals surface area contributed by atoms with Gasteiger partial charge in [0.15, 0.2) is 0 Å². The van der Waals surface area contributed by atoms with Gasteiger partial charge < -0.3 is 25.2 Å². The lowest BCUT2D eigenvalue weighted by atomic mass is 9.92. The lowest BCUT2D eigenvalue weighted by Crippen LogP contribution is -2.56. The van der Waals surface area contributed by atoms with Crippen LogP contribution < -0.4 is 10.6 Å². The third-order valence-electron chi connectivity index (χ3n) is 6.58. The molecule has 0 radical (unpaired) electrons. The molecule has 3 rings (SSSR count). The number of carbonyl (C=O) groups excluding carboxylic acids is 2. The molecule has 1 aliphatic carbocycles. The summed E-state index contributed by atoms with van der Waals surface area (Å²) in [6.45, 7) is 3.75. The van der Waals surface area contributed by atoms with E-state index < -0.39 is 29.6 Å². The van der Waals surface area contributed by atoms with E-state index in [0.717, 1.165) is 22.3 Å². The van der Waals surface area contributed by atoms with Crippen molar-refractivity contribution < 1.29 is 29.0 Å². The highest BCUT2D eigenvalue weighted by molar-refractivity contribution is 5.89. The highest BCUT2D eigenvalue weighted by Crippen LogP contribution is 2.44. The monoisotopic (exact) mass is 468 g/mol. The number of rotatable bonds is 11. The Hall–Kier alpha value is -3.39. The maximum Gasteiger partial charge on any atom is 0.407 e. The highest BCUT2D eigenvalue weighted by atomic mass is 16.5. The van der Waals surface area contributed by atoms with E-state index in [1.807, 2.05) is 36.4 Å². The van der Waals surface area contributed by atoms with Crippen molar-refractivity contribution in [3.8, 4) is 11.1 Å². The van der Waals surface area contributed by atoms with E-state index in [1.165, 1.54) is 7.11 Å². The van der Waals surface area contributed by atoms with E-state index in [1.54, 1.807) is 13.8 Å². The minimum absolute atomic E-state index is 0.0390. The second-order valence-electron chi connectivity index (χ2n) is 8.35. The first kappa shape index (κ1) is 25.2. The van der Waals surface area contributed by atoms with Crippen LogP contribution in [0, 0.1) is 0 Å². The molecule has 0 saturated heterocycles. The number of nitrogens with one attached hydrogen (secondary N) is 2. The van der Waals surface area contributed by atoms with Crippen LogP contribution in [0.5, 0.6) is 0 Å². The molecule has 2 aromatic carbocycles. The van der Waals surface area contributed by atoms with Gasteiger partial charge in [-0.2, -0.15) is 0 Å². The van der Waals surface area contributed by atoms with Crippen molar-refractivity contribution in [2.75, 3.05) is 20.3 Å². The van der Waals surface area contributed by atoms with Crippen LogP contribution in [0.25, 0.3) is 11.1 Å². The molecule has 1 atom stereocenters. The number of ether oxygens (including phenoxy) is 2. The fourth-order valence-corrected chi connectivity index (χ4v) is 4.41. The Kier molecular flexibility index (Phi) is 8.28. The minimum Gasteiger partial charge on any atom is -0.480 e. The van der Waals surface area contributed by atoms with Gasteiger partial charge in [-0.25, -0.2) is 9.59 Å². The summed E-state index contributed by atoms with van der Waals surface area (Å²) < 4.78 is 10.7. The predicted molar refractivity (Wildman–Crippen MR) is 128 cm³/mol. The Morgan fingerprint density at radius 3 is 2.06 bits per heavy atom. The molecule has 8 heteroatoms. The fourth-order valence-electron chi connectivity index (χ4n) is 4.41. The normalized spacial score (nSPS) is 13.5. The summed E-state index contributed by atoms with van der Waals surface area (Å²) in [5, 5.41) is 14.8. The summed E-state index contributed by atoms with van der Waals surface area (Å²) in [6, 6.07) is 16.2. The predicted octanol–water partition coefficient (Wildman–Crippen LogP) is 3.69. The third kappa shape index (κ3) is 5.22. The molecule has 3 N–H and O–H groups in total. The first-order chi connectivity index (χ1) is 16.4. The number of hydrogen-bond donors (Lipinski definition) is 3. The topological polar surface area (TPSA) is 114 Å². The maximum absolute atomic E-state index is 12.6. The zero-order chi connectivity index (χ0) is 24.7. The first-order valence-electron chi connectivity index (χ1n) is 11.5. The van der Waals surface area contributed by atoms with Crippen molar-refractivity contribution in [3.63, 3.8) is 0 Å². The van der Waals surface area contributed by atoms with Crippen LogP contribution in [0.1, 0.15) is 50.2 Å². The van der Waals surface area contributed by atoms with Gasteiger partial charge in [0.05, 0.1) is 0 Å². The molecule has 0 spiro atoms. The summed E-state index contributed by atoms with van der Waals surface area (Å²) in [7, 11) is 1.37. The SMILES string of the molecule is CCC(CC)(NC(=O)C(CCNC(=O)OCC1c2ccccc2-c2ccccc21)OC)C(=O)O. The minimum atomic E-state index is -1.34. The average molecular weight is 469 g/mol. The van der Waals surface area contributed by atoms with Crippen LogP contribution in [0.4, 0.5) is 4.79 Å². The van der Waals surface area contributed by atoms with Crippen molar-refractivity contribution in [1.29, 1.82) is 0 Å². The quantitative estimate of drug-likeness (QED) is 0.464. The zero-order valence-corrected chi connectivity index (χ0v) is 19.8. The van der Waals surface area contributed by atoms with E-state index in [4.69, 9.17) is 9.47 Å². The van der Waals surface area contributed by atoms with Gasteiger partial charge >= 0.3 is 12.1 Å². The van der Waals surface area contributed by atoms with E-state index in [9.17, 15) is 19.5 Å². The van der Waals surface area contributed by atoms with Gasteiger partial charge in [0.1, 0.15) is 18.2 Å². The number of methoxy groups -OCH3 is 1. The number of amides is 2. The number of carboxylic acid groups (broad SMARTS) is 1. The van der Waals surface area contributed by atoms with Gasteiger partial charge in [-0.3, -0.25) is 4.79 Å². The van der Waals surface area contributed by atoms with Gasteiger partial charge in [0, 0.05) is 26.0 Å². The molecule has 2 amide bonds. The first-order valence-corrected chi connectivity index (χ1v) is 11.5. The van der Waals surface area contributed by atoms with Crippen LogP contribution in [0.3, 0.4) is 0 Å². The average Bonchev–Trinajstić information content (AvgIpc) is 3.17. The Morgan fingerprint density at radius 1 is 1.00 bits per heavy atom. The third-order valence-corrected chi connectivity index (χ3v) is 6.58. The number of benzene rings is 2. The summed E-state index contributed by atoms with van der Waals surface area (Å²) in [6.07, 6.45) is -0.807. The number of hydrogen-bond acceptors (Lipinski definition) is 5. The molecular weight excluding hydrogens is 436 g/mol. The standard InChI is InChI=1S/C26H32N2O6/c1-4-26(5-2,24(30)31)28-23(29)22(33-3)14-15-27-25(32)34-16-21-19-12-8-6-10-17(19)18-11-7-9-13-20(18)21/h6-13,21-22H,4-5,14-16H2,1-3H3,(H,27,32)(H,28,29)(H,30,31). The van der Waals surface area contributed by atoms with Crippen LogP contribution in [0.15, 0.2) is 48.5 Å². The van der Waals surface area contributed by atoms with E-state index in [0.29, 0.717) is 0 Å². The second kappa shape index (κ2) is 11.2. The van der Waals surface area contributed by atoms with E-state index >= 15 is 0 Å². The summed E-state index contributed by atoms with van der Waals surface area (Å²) in [5.74, 6) is -1.65. The molecule has 0 fully saturated rings. The maximum atomic E-state index is 12.6.